The first-order valence-electron chi connectivity index (χ1n) is 4.36. The topological polar surface area (TPSA) is 46.0 Å². The van der Waals surface area contributed by atoms with Crippen LogP contribution in [0.1, 0.15) is 30.8 Å². The minimum absolute atomic E-state index is 0.0857. The van der Waals surface area contributed by atoms with E-state index in [9.17, 15) is 0 Å². The van der Waals surface area contributed by atoms with Gasteiger partial charge in [-0.3, -0.25) is 10.4 Å². The lowest BCUT2D eigenvalue weighted by molar-refractivity contribution is 0.192. The molecule has 0 aromatic carbocycles. The van der Waals surface area contributed by atoms with Gasteiger partial charge >= 0.3 is 0 Å². The van der Waals surface area contributed by atoms with Gasteiger partial charge in [0.15, 0.2) is 6.40 Å². The Balaban J connectivity index is 2.84. The molecule has 1 heterocycles. The highest BCUT2D eigenvalue weighted by Crippen LogP contribution is 2.17. The highest BCUT2D eigenvalue weighted by molar-refractivity contribution is 5.42. The summed E-state index contributed by atoms with van der Waals surface area (Å²) < 4.78 is 5.11. The number of aromatic nitrogens is 1. The number of hydrogen-bond acceptors (Lipinski definition) is 3. The summed E-state index contributed by atoms with van der Waals surface area (Å²) in [6, 6.07) is 5.82. The zero-order valence-corrected chi connectivity index (χ0v) is 7.95. The van der Waals surface area contributed by atoms with Crippen molar-refractivity contribution in [2.24, 2.45) is 0 Å². The molecule has 1 rings (SSSR count). The lowest BCUT2D eigenvalue weighted by Crippen LogP contribution is -2.04. The Hall–Kier alpha value is -1.38. The number of pyridine rings is 1. The van der Waals surface area contributed by atoms with Gasteiger partial charge in [0.25, 0.3) is 0 Å². The monoisotopic (exact) mass is 178 g/mol. The fourth-order valence-electron chi connectivity index (χ4n) is 1.20. The van der Waals surface area contributed by atoms with Crippen molar-refractivity contribution in [3.63, 3.8) is 0 Å². The molecular weight excluding hydrogens is 164 g/mol. The van der Waals surface area contributed by atoms with Crippen molar-refractivity contribution in [3.05, 3.63) is 29.6 Å². The van der Waals surface area contributed by atoms with Crippen molar-refractivity contribution in [3.8, 4) is 0 Å². The number of rotatable bonds is 4. The van der Waals surface area contributed by atoms with Crippen LogP contribution in [0.3, 0.4) is 0 Å². The molecule has 70 valence electrons. The van der Waals surface area contributed by atoms with E-state index in [0.717, 1.165) is 24.2 Å². The van der Waals surface area contributed by atoms with E-state index in [1.54, 1.807) is 0 Å². The minimum atomic E-state index is -0.0857. The number of nitrogens with zero attached hydrogens (tertiary/aromatic N) is 1. The SMILES string of the molecule is CCC(OC=N)c1cccc(C)n1. The van der Waals surface area contributed by atoms with Gasteiger partial charge in [-0.25, -0.2) is 0 Å². The van der Waals surface area contributed by atoms with E-state index in [1.165, 1.54) is 0 Å². The third kappa shape index (κ3) is 2.54. The number of ether oxygens (including phenoxy) is 1. The standard InChI is InChI=1S/C10H14N2O/c1-3-10(13-7-11)9-6-4-5-8(2)12-9/h4-7,10-11H,3H2,1-2H3. The molecule has 1 aromatic heterocycles. The zero-order valence-electron chi connectivity index (χ0n) is 7.95. The fraction of sp³-hybridized carbons (Fsp3) is 0.400. The summed E-state index contributed by atoms with van der Waals surface area (Å²) >= 11 is 0. The Kier molecular flexibility index (Phi) is 3.43. The molecule has 0 saturated heterocycles. The van der Waals surface area contributed by atoms with Crippen LogP contribution in [-0.4, -0.2) is 11.4 Å². The summed E-state index contributed by atoms with van der Waals surface area (Å²) in [5.41, 5.74) is 1.87. The second-order valence-corrected chi connectivity index (χ2v) is 2.85. The zero-order chi connectivity index (χ0) is 9.68. The fourth-order valence-corrected chi connectivity index (χ4v) is 1.20. The molecule has 1 N–H and O–H groups in total. The van der Waals surface area contributed by atoms with Gasteiger partial charge in [-0.1, -0.05) is 13.0 Å². The predicted octanol–water partition coefficient (Wildman–Crippen LogP) is 2.46. The van der Waals surface area contributed by atoms with Crippen LogP contribution in [0.5, 0.6) is 0 Å². The molecule has 0 saturated carbocycles. The largest absolute Gasteiger partial charge is 0.474 e. The van der Waals surface area contributed by atoms with E-state index in [2.05, 4.69) is 4.98 Å². The highest BCUT2D eigenvalue weighted by Gasteiger charge is 2.09. The normalized spacial score (nSPS) is 12.2. The molecule has 0 amide bonds. The molecule has 0 spiro atoms. The Morgan fingerprint density at radius 3 is 2.92 bits per heavy atom. The average Bonchev–Trinajstić information content (AvgIpc) is 2.14. The maximum Gasteiger partial charge on any atom is 0.167 e. The summed E-state index contributed by atoms with van der Waals surface area (Å²) in [5.74, 6) is 0. The molecule has 1 aromatic rings. The maximum absolute atomic E-state index is 6.86. The van der Waals surface area contributed by atoms with Crippen LogP contribution in [0.2, 0.25) is 0 Å². The molecule has 0 bridgehead atoms. The van der Waals surface area contributed by atoms with Gasteiger partial charge in [0.2, 0.25) is 0 Å². The third-order valence-electron chi connectivity index (χ3n) is 1.84. The van der Waals surface area contributed by atoms with E-state index in [0.29, 0.717) is 0 Å². The van der Waals surface area contributed by atoms with E-state index in [4.69, 9.17) is 10.1 Å². The quantitative estimate of drug-likeness (QED) is 0.568. The Morgan fingerprint density at radius 2 is 2.38 bits per heavy atom. The first-order valence-corrected chi connectivity index (χ1v) is 4.36. The summed E-state index contributed by atoms with van der Waals surface area (Å²) in [6.45, 7) is 3.96. The molecule has 0 radical (unpaired) electrons. The third-order valence-corrected chi connectivity index (χ3v) is 1.84. The van der Waals surface area contributed by atoms with E-state index < -0.39 is 0 Å². The average molecular weight is 178 g/mol. The lowest BCUT2D eigenvalue weighted by Gasteiger charge is -2.12. The molecule has 1 unspecified atom stereocenters. The van der Waals surface area contributed by atoms with Gasteiger partial charge in [-0.15, -0.1) is 0 Å². The summed E-state index contributed by atoms with van der Waals surface area (Å²) in [4.78, 5) is 4.33. The molecule has 13 heavy (non-hydrogen) atoms. The van der Waals surface area contributed by atoms with E-state index in [-0.39, 0.29) is 6.10 Å². The van der Waals surface area contributed by atoms with Crippen LogP contribution < -0.4 is 0 Å². The van der Waals surface area contributed by atoms with Crippen LogP contribution in [0, 0.1) is 12.3 Å². The Labute approximate surface area is 78.3 Å². The van der Waals surface area contributed by atoms with Crippen molar-refractivity contribution in [1.82, 2.24) is 4.98 Å². The molecule has 1 atom stereocenters. The molecular formula is C10H14N2O. The van der Waals surface area contributed by atoms with Crippen LogP contribution in [0.4, 0.5) is 0 Å². The van der Waals surface area contributed by atoms with Crippen LogP contribution in [0.15, 0.2) is 18.2 Å². The van der Waals surface area contributed by atoms with Gasteiger partial charge in [0.1, 0.15) is 6.10 Å². The summed E-state index contributed by atoms with van der Waals surface area (Å²) in [6.07, 6.45) is 1.71. The van der Waals surface area contributed by atoms with Gasteiger partial charge in [-0.05, 0) is 25.5 Å². The van der Waals surface area contributed by atoms with Crippen LogP contribution in [0.25, 0.3) is 0 Å². The van der Waals surface area contributed by atoms with Gasteiger partial charge < -0.3 is 4.74 Å². The van der Waals surface area contributed by atoms with E-state index in [1.807, 2.05) is 32.0 Å². The Bertz CT molecular complexity index is 286. The number of nitrogens with one attached hydrogen (secondary N) is 1. The van der Waals surface area contributed by atoms with Gasteiger partial charge in [-0.2, -0.15) is 0 Å². The lowest BCUT2D eigenvalue weighted by atomic mass is 10.2. The second kappa shape index (κ2) is 4.60. The van der Waals surface area contributed by atoms with Crippen molar-refractivity contribution < 1.29 is 4.74 Å². The molecule has 0 aliphatic carbocycles. The number of aryl methyl sites for hydroxylation is 1. The van der Waals surface area contributed by atoms with Crippen molar-refractivity contribution in [2.75, 3.05) is 0 Å². The van der Waals surface area contributed by atoms with Crippen molar-refractivity contribution in [1.29, 1.82) is 5.41 Å². The van der Waals surface area contributed by atoms with Gasteiger partial charge in [0, 0.05) is 5.69 Å². The molecule has 0 fully saturated rings. The minimum Gasteiger partial charge on any atom is -0.474 e. The summed E-state index contributed by atoms with van der Waals surface area (Å²) in [7, 11) is 0. The molecule has 3 nitrogen and oxygen atoms in total. The Morgan fingerprint density at radius 1 is 1.62 bits per heavy atom. The second-order valence-electron chi connectivity index (χ2n) is 2.85. The highest BCUT2D eigenvalue weighted by atomic mass is 16.5. The molecule has 3 heteroatoms. The van der Waals surface area contributed by atoms with Gasteiger partial charge in [0.05, 0.1) is 5.69 Å². The first kappa shape index (κ1) is 9.71. The maximum atomic E-state index is 6.86. The molecule has 0 aliphatic heterocycles. The van der Waals surface area contributed by atoms with Crippen LogP contribution in [-0.2, 0) is 4.74 Å². The van der Waals surface area contributed by atoms with Crippen molar-refractivity contribution in [2.45, 2.75) is 26.4 Å². The first-order chi connectivity index (χ1) is 6.27. The predicted molar refractivity (Wildman–Crippen MR) is 51.9 cm³/mol. The number of hydrogen-bond donors (Lipinski definition) is 1. The molecule has 0 aliphatic rings. The van der Waals surface area contributed by atoms with Crippen LogP contribution >= 0.6 is 0 Å². The smallest absolute Gasteiger partial charge is 0.167 e. The summed E-state index contributed by atoms with van der Waals surface area (Å²) in [5, 5.41) is 6.86. The van der Waals surface area contributed by atoms with E-state index >= 15 is 0 Å². The van der Waals surface area contributed by atoms with Crippen molar-refractivity contribution >= 4 is 6.40 Å².